The molecule has 64 valence electrons. The standard InChI is InChI=1S/C10H18O/c1-7(2)9-5-4-8(3)6-10(9)11/h7-9H,4-6H2,1-3H3/t8-,9?/m0/s1. The van der Waals surface area contributed by atoms with Crippen LogP contribution >= 0.6 is 0 Å². The Bertz CT molecular complexity index is 149. The predicted octanol–water partition coefficient (Wildman–Crippen LogP) is 2.65. The summed E-state index contributed by atoms with van der Waals surface area (Å²) in [5, 5.41) is 0. The average molecular weight is 154 g/mol. The van der Waals surface area contributed by atoms with Gasteiger partial charge >= 0.3 is 0 Å². The Hall–Kier alpha value is -0.330. The monoisotopic (exact) mass is 154 g/mol. The molecule has 0 aromatic rings. The van der Waals surface area contributed by atoms with Gasteiger partial charge in [-0.15, -0.1) is 0 Å². The number of hydrogen-bond donors (Lipinski definition) is 0. The van der Waals surface area contributed by atoms with E-state index in [0.29, 0.717) is 23.5 Å². The fraction of sp³-hybridized carbons (Fsp3) is 0.900. The van der Waals surface area contributed by atoms with E-state index in [0.717, 1.165) is 12.8 Å². The topological polar surface area (TPSA) is 17.1 Å². The van der Waals surface area contributed by atoms with Crippen molar-refractivity contribution in [1.29, 1.82) is 0 Å². The van der Waals surface area contributed by atoms with Crippen LogP contribution in [0.2, 0.25) is 0 Å². The van der Waals surface area contributed by atoms with Crippen molar-refractivity contribution < 1.29 is 4.79 Å². The molecular formula is C10H18O. The van der Waals surface area contributed by atoms with Crippen molar-refractivity contribution in [1.82, 2.24) is 0 Å². The molecule has 0 bridgehead atoms. The van der Waals surface area contributed by atoms with Gasteiger partial charge in [-0.05, 0) is 24.7 Å². The Morgan fingerprint density at radius 2 is 2.00 bits per heavy atom. The highest BCUT2D eigenvalue weighted by Crippen LogP contribution is 2.29. The minimum atomic E-state index is 0.367. The number of ketones is 1. The molecule has 1 unspecified atom stereocenters. The van der Waals surface area contributed by atoms with Crippen LogP contribution in [-0.4, -0.2) is 5.78 Å². The Morgan fingerprint density at radius 3 is 2.45 bits per heavy atom. The SMILES string of the molecule is CC(C)C1CC[C@H](C)CC1=O. The van der Waals surface area contributed by atoms with Gasteiger partial charge < -0.3 is 0 Å². The zero-order chi connectivity index (χ0) is 8.43. The summed E-state index contributed by atoms with van der Waals surface area (Å²) in [6.45, 7) is 6.48. The van der Waals surface area contributed by atoms with Crippen LogP contribution in [0.5, 0.6) is 0 Å². The molecule has 1 fully saturated rings. The lowest BCUT2D eigenvalue weighted by molar-refractivity contribution is -0.127. The maximum atomic E-state index is 11.4. The van der Waals surface area contributed by atoms with Gasteiger partial charge in [0.1, 0.15) is 5.78 Å². The van der Waals surface area contributed by atoms with Crippen LogP contribution in [0.15, 0.2) is 0 Å². The van der Waals surface area contributed by atoms with E-state index in [4.69, 9.17) is 0 Å². The minimum absolute atomic E-state index is 0.367. The van der Waals surface area contributed by atoms with Crippen LogP contribution in [0.4, 0.5) is 0 Å². The Morgan fingerprint density at radius 1 is 1.36 bits per heavy atom. The molecule has 1 aliphatic carbocycles. The van der Waals surface area contributed by atoms with Crippen LogP contribution < -0.4 is 0 Å². The Kier molecular flexibility index (Phi) is 2.69. The smallest absolute Gasteiger partial charge is 0.136 e. The second-order valence-corrected chi connectivity index (χ2v) is 4.20. The summed E-state index contributed by atoms with van der Waals surface area (Å²) in [6.07, 6.45) is 3.19. The zero-order valence-electron chi connectivity index (χ0n) is 7.76. The number of rotatable bonds is 1. The van der Waals surface area contributed by atoms with Crippen molar-refractivity contribution in [3.63, 3.8) is 0 Å². The highest BCUT2D eigenvalue weighted by atomic mass is 16.1. The molecule has 1 rings (SSSR count). The van der Waals surface area contributed by atoms with Crippen LogP contribution in [0.25, 0.3) is 0 Å². The van der Waals surface area contributed by atoms with E-state index in [1.165, 1.54) is 6.42 Å². The first-order valence-corrected chi connectivity index (χ1v) is 4.64. The van der Waals surface area contributed by atoms with Crippen molar-refractivity contribution in [2.45, 2.75) is 40.0 Å². The van der Waals surface area contributed by atoms with Gasteiger partial charge in [-0.25, -0.2) is 0 Å². The molecule has 11 heavy (non-hydrogen) atoms. The van der Waals surface area contributed by atoms with E-state index >= 15 is 0 Å². The third-order valence-corrected chi connectivity index (χ3v) is 2.74. The first-order chi connectivity index (χ1) is 5.11. The molecule has 1 saturated carbocycles. The molecule has 2 atom stereocenters. The third-order valence-electron chi connectivity index (χ3n) is 2.74. The van der Waals surface area contributed by atoms with Gasteiger partial charge in [0.25, 0.3) is 0 Å². The Labute approximate surface area is 69.2 Å². The lowest BCUT2D eigenvalue weighted by Crippen LogP contribution is -2.27. The van der Waals surface area contributed by atoms with Gasteiger partial charge in [0, 0.05) is 12.3 Å². The summed E-state index contributed by atoms with van der Waals surface area (Å²) in [6, 6.07) is 0. The Balaban J connectivity index is 2.51. The van der Waals surface area contributed by atoms with E-state index in [-0.39, 0.29) is 0 Å². The van der Waals surface area contributed by atoms with Gasteiger partial charge in [0.15, 0.2) is 0 Å². The predicted molar refractivity (Wildman–Crippen MR) is 46.4 cm³/mol. The van der Waals surface area contributed by atoms with Crippen molar-refractivity contribution in [2.24, 2.45) is 17.8 Å². The summed E-state index contributed by atoms with van der Waals surface area (Å²) < 4.78 is 0. The second-order valence-electron chi connectivity index (χ2n) is 4.20. The minimum Gasteiger partial charge on any atom is -0.299 e. The fourth-order valence-corrected chi connectivity index (χ4v) is 1.93. The molecule has 0 heterocycles. The summed E-state index contributed by atoms with van der Waals surface area (Å²) in [4.78, 5) is 11.4. The molecule has 0 N–H and O–H groups in total. The first kappa shape index (κ1) is 8.76. The molecule has 1 heteroatoms. The van der Waals surface area contributed by atoms with E-state index < -0.39 is 0 Å². The van der Waals surface area contributed by atoms with Crippen molar-refractivity contribution in [3.05, 3.63) is 0 Å². The molecule has 0 saturated heterocycles. The van der Waals surface area contributed by atoms with Crippen molar-refractivity contribution >= 4 is 5.78 Å². The van der Waals surface area contributed by atoms with E-state index in [9.17, 15) is 4.79 Å². The number of Topliss-reactive ketones (excluding diaryl/α,β-unsaturated/α-hetero) is 1. The maximum absolute atomic E-state index is 11.4. The highest BCUT2D eigenvalue weighted by Gasteiger charge is 2.27. The van der Waals surface area contributed by atoms with Crippen molar-refractivity contribution in [2.75, 3.05) is 0 Å². The van der Waals surface area contributed by atoms with Crippen molar-refractivity contribution in [3.8, 4) is 0 Å². The first-order valence-electron chi connectivity index (χ1n) is 4.64. The molecule has 1 aliphatic rings. The van der Waals surface area contributed by atoms with Gasteiger partial charge in [0.2, 0.25) is 0 Å². The lowest BCUT2D eigenvalue weighted by atomic mass is 9.77. The van der Waals surface area contributed by atoms with Crippen LogP contribution in [0, 0.1) is 17.8 Å². The molecule has 0 spiro atoms. The lowest BCUT2D eigenvalue weighted by Gasteiger charge is -2.27. The van der Waals surface area contributed by atoms with Gasteiger partial charge in [-0.2, -0.15) is 0 Å². The third kappa shape index (κ3) is 2.05. The summed E-state index contributed by atoms with van der Waals surface area (Å²) in [7, 11) is 0. The molecule has 0 aromatic heterocycles. The molecular weight excluding hydrogens is 136 g/mol. The quantitative estimate of drug-likeness (QED) is 0.567. The number of carbonyl (C=O) groups excluding carboxylic acids is 1. The van der Waals surface area contributed by atoms with E-state index in [2.05, 4.69) is 20.8 Å². The van der Waals surface area contributed by atoms with Crippen LogP contribution in [-0.2, 0) is 4.79 Å². The second kappa shape index (κ2) is 3.38. The molecule has 0 amide bonds. The van der Waals surface area contributed by atoms with E-state index in [1.807, 2.05) is 0 Å². The number of carbonyl (C=O) groups is 1. The largest absolute Gasteiger partial charge is 0.299 e. The summed E-state index contributed by atoms with van der Waals surface area (Å²) in [5.74, 6) is 2.05. The van der Waals surface area contributed by atoms with Crippen LogP contribution in [0.1, 0.15) is 40.0 Å². The zero-order valence-corrected chi connectivity index (χ0v) is 7.76. The highest BCUT2D eigenvalue weighted by molar-refractivity contribution is 5.82. The van der Waals surface area contributed by atoms with Gasteiger partial charge in [-0.1, -0.05) is 20.8 Å². The fourth-order valence-electron chi connectivity index (χ4n) is 1.93. The number of hydrogen-bond acceptors (Lipinski definition) is 1. The van der Waals surface area contributed by atoms with E-state index in [1.54, 1.807) is 0 Å². The molecule has 0 aromatic carbocycles. The summed E-state index contributed by atoms with van der Waals surface area (Å²) >= 11 is 0. The molecule has 0 aliphatic heterocycles. The maximum Gasteiger partial charge on any atom is 0.136 e. The molecule has 1 nitrogen and oxygen atoms in total. The summed E-state index contributed by atoms with van der Waals surface area (Å²) in [5.41, 5.74) is 0. The normalized spacial score (nSPS) is 32.9. The van der Waals surface area contributed by atoms with Gasteiger partial charge in [0.05, 0.1) is 0 Å². The average Bonchev–Trinajstić information content (AvgIpc) is 1.85. The molecule has 0 radical (unpaired) electrons. The van der Waals surface area contributed by atoms with Gasteiger partial charge in [-0.3, -0.25) is 4.79 Å². The van der Waals surface area contributed by atoms with Crippen LogP contribution in [0.3, 0.4) is 0 Å².